The van der Waals surface area contributed by atoms with Crippen molar-refractivity contribution in [1.29, 1.82) is 0 Å². The Kier molecular flexibility index (Phi) is 2.48. The Morgan fingerprint density at radius 2 is 2.06 bits per heavy atom. The second-order valence-corrected chi connectivity index (χ2v) is 5.21. The maximum atomic E-state index is 12.2. The fourth-order valence-electron chi connectivity index (χ4n) is 2.18. The lowest BCUT2D eigenvalue weighted by Gasteiger charge is -2.20. The second kappa shape index (κ2) is 3.98. The Morgan fingerprint density at radius 1 is 1.25 bits per heavy atom. The largest absolute Gasteiger partial charge is 0.306 e. The molecular formula is C13H13NOS. The van der Waals surface area contributed by atoms with Crippen LogP contribution in [0.15, 0.2) is 41.4 Å². The SMILES string of the molecule is O=C1C(c2ccccc2)SC2=CCCCN12. The molecule has 3 heteroatoms. The lowest BCUT2D eigenvalue weighted by Crippen LogP contribution is -2.28. The Labute approximate surface area is 99.3 Å². The molecule has 2 aliphatic rings. The van der Waals surface area contributed by atoms with E-state index < -0.39 is 0 Å². The van der Waals surface area contributed by atoms with Crippen molar-refractivity contribution in [2.75, 3.05) is 6.54 Å². The summed E-state index contributed by atoms with van der Waals surface area (Å²) in [7, 11) is 0. The van der Waals surface area contributed by atoms with Crippen LogP contribution in [-0.2, 0) is 4.79 Å². The summed E-state index contributed by atoms with van der Waals surface area (Å²) in [4.78, 5) is 14.1. The second-order valence-electron chi connectivity index (χ2n) is 4.08. The average molecular weight is 231 g/mol. The highest BCUT2D eigenvalue weighted by molar-refractivity contribution is 8.04. The molecule has 1 unspecified atom stereocenters. The smallest absolute Gasteiger partial charge is 0.245 e. The van der Waals surface area contributed by atoms with Crippen molar-refractivity contribution in [2.24, 2.45) is 0 Å². The molecule has 0 saturated carbocycles. The van der Waals surface area contributed by atoms with Gasteiger partial charge < -0.3 is 4.90 Å². The lowest BCUT2D eigenvalue weighted by atomic mass is 10.1. The van der Waals surface area contributed by atoms with Crippen molar-refractivity contribution >= 4 is 17.7 Å². The van der Waals surface area contributed by atoms with Crippen molar-refractivity contribution in [3.05, 3.63) is 47.0 Å². The van der Waals surface area contributed by atoms with Crippen LogP contribution in [0.4, 0.5) is 0 Å². The molecule has 1 aromatic carbocycles. The third kappa shape index (κ3) is 1.55. The first kappa shape index (κ1) is 9.97. The Morgan fingerprint density at radius 3 is 2.81 bits per heavy atom. The molecule has 1 fully saturated rings. The molecule has 0 bridgehead atoms. The normalized spacial score (nSPS) is 24.2. The third-order valence-corrected chi connectivity index (χ3v) is 4.34. The average Bonchev–Trinajstić information content (AvgIpc) is 2.69. The number of hydrogen-bond acceptors (Lipinski definition) is 2. The fourth-order valence-corrected chi connectivity index (χ4v) is 3.46. The minimum atomic E-state index is -0.0226. The van der Waals surface area contributed by atoms with Crippen LogP contribution in [0.5, 0.6) is 0 Å². The summed E-state index contributed by atoms with van der Waals surface area (Å²) in [6.07, 6.45) is 4.39. The first-order chi connectivity index (χ1) is 7.86. The molecule has 1 aromatic rings. The van der Waals surface area contributed by atoms with E-state index in [1.807, 2.05) is 35.2 Å². The van der Waals surface area contributed by atoms with Crippen LogP contribution in [0.25, 0.3) is 0 Å². The summed E-state index contributed by atoms with van der Waals surface area (Å²) in [5.74, 6) is 0.252. The Hall–Kier alpha value is -1.22. The lowest BCUT2D eigenvalue weighted by molar-refractivity contribution is -0.127. The van der Waals surface area contributed by atoms with Gasteiger partial charge in [0, 0.05) is 6.54 Å². The molecule has 0 aromatic heterocycles. The van der Waals surface area contributed by atoms with Crippen molar-refractivity contribution in [1.82, 2.24) is 4.90 Å². The van der Waals surface area contributed by atoms with Gasteiger partial charge >= 0.3 is 0 Å². The zero-order valence-electron chi connectivity index (χ0n) is 8.93. The first-order valence-corrected chi connectivity index (χ1v) is 6.47. The Balaban J connectivity index is 1.92. The van der Waals surface area contributed by atoms with E-state index in [4.69, 9.17) is 0 Å². The summed E-state index contributed by atoms with van der Waals surface area (Å²) in [6.45, 7) is 0.890. The highest BCUT2D eigenvalue weighted by Gasteiger charge is 2.37. The summed E-state index contributed by atoms with van der Waals surface area (Å²) < 4.78 is 0. The number of rotatable bonds is 1. The van der Waals surface area contributed by atoms with Crippen molar-refractivity contribution in [3.8, 4) is 0 Å². The van der Waals surface area contributed by atoms with Gasteiger partial charge in [-0.2, -0.15) is 0 Å². The molecule has 3 rings (SSSR count). The van der Waals surface area contributed by atoms with E-state index in [2.05, 4.69) is 6.08 Å². The molecule has 82 valence electrons. The predicted octanol–water partition coefficient (Wildman–Crippen LogP) is 2.94. The maximum absolute atomic E-state index is 12.2. The zero-order chi connectivity index (χ0) is 11.0. The number of carbonyl (C=O) groups excluding carboxylic acids is 1. The van der Waals surface area contributed by atoms with E-state index in [9.17, 15) is 4.79 Å². The predicted molar refractivity (Wildman–Crippen MR) is 65.8 cm³/mol. The minimum absolute atomic E-state index is 0.0226. The standard InChI is InChI=1S/C13H13NOS/c15-13-12(10-6-2-1-3-7-10)16-11-8-4-5-9-14(11)13/h1-3,6-8,12H,4-5,9H2. The molecular weight excluding hydrogens is 218 g/mol. The molecule has 1 atom stereocenters. The van der Waals surface area contributed by atoms with E-state index in [0.29, 0.717) is 0 Å². The van der Waals surface area contributed by atoms with Crippen molar-refractivity contribution < 1.29 is 4.79 Å². The van der Waals surface area contributed by atoms with Crippen LogP contribution in [0.2, 0.25) is 0 Å². The Bertz CT molecular complexity index is 441. The number of amides is 1. The summed E-state index contributed by atoms with van der Waals surface area (Å²) in [6, 6.07) is 10.0. The van der Waals surface area contributed by atoms with Gasteiger partial charge in [-0.05, 0) is 18.4 Å². The van der Waals surface area contributed by atoms with Gasteiger partial charge in [0.15, 0.2) is 0 Å². The number of nitrogens with zero attached hydrogens (tertiary/aromatic N) is 1. The van der Waals surface area contributed by atoms with E-state index in [1.54, 1.807) is 11.8 Å². The quantitative estimate of drug-likeness (QED) is 0.740. The van der Waals surface area contributed by atoms with Gasteiger partial charge in [-0.25, -0.2) is 0 Å². The molecule has 2 heterocycles. The maximum Gasteiger partial charge on any atom is 0.245 e. The molecule has 1 saturated heterocycles. The molecule has 0 spiro atoms. The van der Waals surface area contributed by atoms with E-state index in [1.165, 1.54) is 0 Å². The topological polar surface area (TPSA) is 20.3 Å². The first-order valence-electron chi connectivity index (χ1n) is 5.59. The minimum Gasteiger partial charge on any atom is -0.306 e. The monoisotopic (exact) mass is 231 g/mol. The van der Waals surface area contributed by atoms with Gasteiger partial charge in [-0.3, -0.25) is 4.79 Å². The van der Waals surface area contributed by atoms with Gasteiger partial charge in [0.05, 0.1) is 5.03 Å². The number of benzene rings is 1. The molecule has 16 heavy (non-hydrogen) atoms. The molecule has 0 N–H and O–H groups in total. The summed E-state index contributed by atoms with van der Waals surface area (Å²) >= 11 is 1.69. The van der Waals surface area contributed by atoms with Crippen molar-refractivity contribution in [2.45, 2.75) is 18.1 Å². The highest BCUT2D eigenvalue weighted by Crippen LogP contribution is 2.46. The number of hydrogen-bond donors (Lipinski definition) is 0. The van der Waals surface area contributed by atoms with Crippen molar-refractivity contribution in [3.63, 3.8) is 0 Å². The number of thioether (sulfide) groups is 1. The number of carbonyl (C=O) groups is 1. The summed E-state index contributed by atoms with van der Waals surface area (Å²) in [5, 5.41) is 1.13. The van der Waals surface area contributed by atoms with Gasteiger partial charge in [0.2, 0.25) is 5.91 Å². The molecule has 2 aliphatic heterocycles. The third-order valence-electron chi connectivity index (χ3n) is 3.00. The van der Waals surface area contributed by atoms with Crippen LogP contribution in [0, 0.1) is 0 Å². The van der Waals surface area contributed by atoms with E-state index in [-0.39, 0.29) is 11.2 Å². The van der Waals surface area contributed by atoms with Crippen LogP contribution >= 0.6 is 11.8 Å². The van der Waals surface area contributed by atoms with E-state index in [0.717, 1.165) is 30.0 Å². The van der Waals surface area contributed by atoms with Gasteiger partial charge in [-0.15, -0.1) is 0 Å². The molecule has 0 aliphatic carbocycles. The molecule has 1 amide bonds. The van der Waals surface area contributed by atoms with Crippen LogP contribution in [0.1, 0.15) is 23.7 Å². The van der Waals surface area contributed by atoms with Crippen LogP contribution < -0.4 is 0 Å². The van der Waals surface area contributed by atoms with Crippen LogP contribution in [0.3, 0.4) is 0 Å². The number of allylic oxidation sites excluding steroid dienone is 1. The fraction of sp³-hybridized carbons (Fsp3) is 0.308. The molecule has 2 nitrogen and oxygen atoms in total. The van der Waals surface area contributed by atoms with Crippen LogP contribution in [-0.4, -0.2) is 17.4 Å². The molecule has 0 radical (unpaired) electrons. The van der Waals surface area contributed by atoms with Gasteiger partial charge in [0.25, 0.3) is 0 Å². The number of fused-ring (bicyclic) bond motifs is 1. The highest BCUT2D eigenvalue weighted by atomic mass is 32.2. The van der Waals surface area contributed by atoms with E-state index >= 15 is 0 Å². The van der Waals surface area contributed by atoms with Gasteiger partial charge in [-0.1, -0.05) is 48.2 Å². The summed E-state index contributed by atoms with van der Waals surface area (Å²) in [5.41, 5.74) is 1.12. The zero-order valence-corrected chi connectivity index (χ0v) is 9.74. The van der Waals surface area contributed by atoms with Gasteiger partial charge in [0.1, 0.15) is 5.25 Å².